The second-order valence-corrected chi connectivity index (χ2v) is 9.04. The van der Waals surface area contributed by atoms with Crippen LogP contribution in [0, 0.1) is 11.3 Å². The SMILES string of the molecule is CCCC[C@]1(COS(C)(=O)=O)CNC[C@@H]1COS(C)(=O)=O. The molecule has 126 valence electrons. The first-order valence-corrected chi connectivity index (χ1v) is 10.6. The molecule has 7 nitrogen and oxygen atoms in total. The van der Waals surface area contributed by atoms with Gasteiger partial charge in [0.1, 0.15) is 0 Å². The van der Waals surface area contributed by atoms with Crippen molar-refractivity contribution >= 4 is 20.2 Å². The van der Waals surface area contributed by atoms with Crippen molar-refractivity contribution in [3.05, 3.63) is 0 Å². The summed E-state index contributed by atoms with van der Waals surface area (Å²) in [6.45, 7) is 3.33. The molecule has 1 fully saturated rings. The van der Waals surface area contributed by atoms with Crippen LogP contribution in [0.4, 0.5) is 0 Å². The number of hydrogen-bond donors (Lipinski definition) is 1. The highest BCUT2D eigenvalue weighted by Crippen LogP contribution is 2.38. The Morgan fingerprint density at radius 1 is 1.14 bits per heavy atom. The molecule has 0 amide bonds. The van der Waals surface area contributed by atoms with E-state index >= 15 is 0 Å². The summed E-state index contributed by atoms with van der Waals surface area (Å²) in [5.74, 6) is -0.0967. The molecule has 1 aliphatic heterocycles. The van der Waals surface area contributed by atoms with E-state index in [9.17, 15) is 16.8 Å². The first-order valence-electron chi connectivity index (χ1n) is 6.97. The van der Waals surface area contributed by atoms with E-state index in [1.165, 1.54) is 0 Å². The van der Waals surface area contributed by atoms with E-state index in [1.54, 1.807) is 0 Å². The van der Waals surface area contributed by atoms with Crippen molar-refractivity contribution < 1.29 is 25.2 Å². The van der Waals surface area contributed by atoms with E-state index in [0.717, 1.165) is 31.8 Å². The standard InChI is InChI=1S/C12H25NO6S2/c1-4-5-6-12(10-19-21(3,16)17)9-13-7-11(12)8-18-20(2,14)15/h11,13H,4-10H2,1-3H3/t11-,12-/m1/s1. The van der Waals surface area contributed by atoms with E-state index in [2.05, 4.69) is 12.2 Å². The maximum atomic E-state index is 11.3. The normalized spacial score (nSPS) is 27.1. The zero-order valence-corrected chi connectivity index (χ0v) is 14.4. The lowest BCUT2D eigenvalue weighted by atomic mass is 9.75. The molecule has 0 aromatic carbocycles. The zero-order chi connectivity index (χ0) is 16.1. The summed E-state index contributed by atoms with van der Waals surface area (Å²) in [5.41, 5.74) is -0.413. The lowest BCUT2D eigenvalue weighted by Gasteiger charge is -2.33. The Kier molecular flexibility index (Phi) is 6.60. The van der Waals surface area contributed by atoms with Crippen molar-refractivity contribution in [1.82, 2.24) is 5.32 Å². The summed E-state index contributed by atoms with van der Waals surface area (Å²) in [6.07, 6.45) is 4.69. The molecule has 21 heavy (non-hydrogen) atoms. The van der Waals surface area contributed by atoms with Crippen LogP contribution in [-0.2, 0) is 28.6 Å². The summed E-state index contributed by atoms with van der Waals surface area (Å²) in [6, 6.07) is 0. The number of unbranched alkanes of at least 4 members (excludes halogenated alkanes) is 1. The summed E-state index contributed by atoms with van der Waals surface area (Å²) in [5, 5.41) is 3.20. The molecule has 1 N–H and O–H groups in total. The van der Waals surface area contributed by atoms with Crippen molar-refractivity contribution in [3.8, 4) is 0 Å². The molecular formula is C12H25NO6S2. The van der Waals surface area contributed by atoms with Crippen LogP contribution in [-0.4, -0.2) is 55.7 Å². The Labute approximate surface area is 127 Å². The minimum Gasteiger partial charge on any atom is -0.316 e. The van der Waals surface area contributed by atoms with Gasteiger partial charge < -0.3 is 5.32 Å². The average molecular weight is 343 g/mol. The van der Waals surface area contributed by atoms with Gasteiger partial charge in [-0.25, -0.2) is 0 Å². The van der Waals surface area contributed by atoms with Gasteiger partial charge in [0.05, 0.1) is 25.7 Å². The van der Waals surface area contributed by atoms with Gasteiger partial charge in [0.25, 0.3) is 20.2 Å². The summed E-state index contributed by atoms with van der Waals surface area (Å²) >= 11 is 0. The molecule has 1 rings (SSSR count). The largest absolute Gasteiger partial charge is 0.316 e. The maximum Gasteiger partial charge on any atom is 0.264 e. The summed E-state index contributed by atoms with van der Waals surface area (Å²) < 4.78 is 54.7. The number of nitrogens with one attached hydrogen (secondary N) is 1. The van der Waals surface area contributed by atoms with Gasteiger partial charge in [0.2, 0.25) is 0 Å². The molecular weight excluding hydrogens is 318 g/mol. The molecule has 0 aliphatic carbocycles. The molecule has 0 radical (unpaired) electrons. The topological polar surface area (TPSA) is 98.8 Å². The van der Waals surface area contributed by atoms with Gasteiger partial charge in [-0.05, 0) is 6.42 Å². The molecule has 0 unspecified atom stereocenters. The smallest absolute Gasteiger partial charge is 0.264 e. The third-order valence-corrected chi connectivity index (χ3v) is 4.92. The molecule has 1 heterocycles. The first kappa shape index (κ1) is 18.8. The predicted octanol–water partition coefficient (Wildman–Crippen LogP) is 0.335. The fraction of sp³-hybridized carbons (Fsp3) is 1.00. The van der Waals surface area contributed by atoms with Crippen LogP contribution < -0.4 is 5.32 Å². The minimum atomic E-state index is -3.53. The average Bonchev–Trinajstić information content (AvgIpc) is 2.73. The van der Waals surface area contributed by atoms with E-state index in [1.807, 2.05) is 0 Å². The van der Waals surface area contributed by atoms with Gasteiger partial charge in [-0.3, -0.25) is 8.37 Å². The van der Waals surface area contributed by atoms with E-state index in [0.29, 0.717) is 13.1 Å². The van der Waals surface area contributed by atoms with Crippen molar-refractivity contribution in [2.45, 2.75) is 26.2 Å². The van der Waals surface area contributed by atoms with Crippen molar-refractivity contribution in [1.29, 1.82) is 0 Å². The Bertz CT molecular complexity index is 530. The lowest BCUT2D eigenvalue weighted by Crippen LogP contribution is -2.38. The monoisotopic (exact) mass is 343 g/mol. The van der Waals surface area contributed by atoms with E-state index in [-0.39, 0.29) is 19.1 Å². The molecule has 0 saturated carbocycles. The highest BCUT2D eigenvalue weighted by molar-refractivity contribution is 7.86. The predicted molar refractivity (Wildman–Crippen MR) is 79.9 cm³/mol. The van der Waals surface area contributed by atoms with Gasteiger partial charge in [-0.1, -0.05) is 19.8 Å². The second-order valence-electron chi connectivity index (χ2n) is 5.75. The van der Waals surface area contributed by atoms with Crippen LogP contribution in [0.2, 0.25) is 0 Å². The highest BCUT2D eigenvalue weighted by atomic mass is 32.2. The Hall–Kier alpha value is -0.220. The summed E-state index contributed by atoms with van der Waals surface area (Å²) in [7, 11) is -7.04. The van der Waals surface area contributed by atoms with Crippen LogP contribution in [0.25, 0.3) is 0 Å². The molecule has 0 aromatic rings. The lowest BCUT2D eigenvalue weighted by molar-refractivity contribution is 0.0781. The van der Waals surface area contributed by atoms with Gasteiger partial charge in [0.15, 0.2) is 0 Å². The van der Waals surface area contributed by atoms with Gasteiger partial charge in [-0.15, -0.1) is 0 Å². The molecule has 0 spiro atoms. The Morgan fingerprint density at radius 3 is 2.29 bits per heavy atom. The second kappa shape index (κ2) is 7.36. The van der Waals surface area contributed by atoms with Gasteiger partial charge >= 0.3 is 0 Å². The Morgan fingerprint density at radius 2 is 1.76 bits per heavy atom. The first-order chi connectivity index (χ1) is 9.58. The number of hydrogen-bond acceptors (Lipinski definition) is 7. The Balaban J connectivity index is 2.81. The summed E-state index contributed by atoms with van der Waals surface area (Å²) in [4.78, 5) is 0. The third kappa shape index (κ3) is 6.60. The van der Waals surface area contributed by atoms with Crippen LogP contribution in [0.15, 0.2) is 0 Å². The third-order valence-electron chi connectivity index (χ3n) is 3.81. The molecule has 1 saturated heterocycles. The quantitative estimate of drug-likeness (QED) is 0.603. The van der Waals surface area contributed by atoms with Crippen molar-refractivity contribution in [2.75, 3.05) is 38.8 Å². The van der Waals surface area contributed by atoms with Crippen molar-refractivity contribution in [2.24, 2.45) is 11.3 Å². The fourth-order valence-electron chi connectivity index (χ4n) is 2.58. The molecule has 0 aromatic heterocycles. The fourth-order valence-corrected chi connectivity index (χ4v) is 3.44. The van der Waals surface area contributed by atoms with Crippen LogP contribution in [0.3, 0.4) is 0 Å². The molecule has 9 heteroatoms. The highest BCUT2D eigenvalue weighted by Gasteiger charge is 2.43. The van der Waals surface area contributed by atoms with Crippen LogP contribution >= 0.6 is 0 Å². The van der Waals surface area contributed by atoms with Gasteiger partial charge in [0, 0.05) is 24.4 Å². The molecule has 2 atom stereocenters. The van der Waals surface area contributed by atoms with Crippen molar-refractivity contribution in [3.63, 3.8) is 0 Å². The minimum absolute atomic E-state index is 0.0443. The number of rotatable bonds is 9. The van der Waals surface area contributed by atoms with Crippen LogP contribution in [0.5, 0.6) is 0 Å². The molecule has 1 aliphatic rings. The maximum absolute atomic E-state index is 11.3. The van der Waals surface area contributed by atoms with Crippen LogP contribution in [0.1, 0.15) is 26.2 Å². The van der Waals surface area contributed by atoms with E-state index in [4.69, 9.17) is 8.37 Å². The van der Waals surface area contributed by atoms with Gasteiger partial charge in [-0.2, -0.15) is 16.8 Å². The molecule has 0 bridgehead atoms. The van der Waals surface area contributed by atoms with E-state index < -0.39 is 25.7 Å². The zero-order valence-electron chi connectivity index (χ0n) is 12.8.